The van der Waals surface area contributed by atoms with Crippen molar-refractivity contribution in [3.05, 3.63) is 62.9 Å². The molecule has 0 amide bonds. The van der Waals surface area contributed by atoms with Crippen LogP contribution < -0.4 is 4.74 Å². The molecule has 3 nitrogen and oxygen atoms in total. The van der Waals surface area contributed by atoms with Gasteiger partial charge in [0.2, 0.25) is 0 Å². The maximum atomic E-state index is 15.4. The fraction of sp³-hybridized carbons (Fsp3) is 0.444. The number of carboxylic acid groups (broad SMARTS) is 1. The summed E-state index contributed by atoms with van der Waals surface area (Å²) < 4.78 is 22.3. The second-order valence-corrected chi connectivity index (χ2v) is 9.86. The van der Waals surface area contributed by atoms with Crippen molar-refractivity contribution in [1.82, 2.24) is 0 Å². The smallest absolute Gasteiger partial charge is 0.328 e. The molecule has 0 radical (unpaired) electrons. The Kier molecular flexibility index (Phi) is 8.69. The second-order valence-electron chi connectivity index (χ2n) is 9.06. The van der Waals surface area contributed by atoms with E-state index < -0.39 is 11.8 Å². The molecule has 1 aromatic carbocycles. The number of carbonyl (C=O) groups is 1. The third-order valence-corrected chi connectivity index (χ3v) is 6.52. The summed E-state index contributed by atoms with van der Waals surface area (Å²) in [5.74, 6) is -0.462. The van der Waals surface area contributed by atoms with E-state index in [1.54, 1.807) is 6.92 Å². The van der Waals surface area contributed by atoms with Gasteiger partial charge < -0.3 is 9.84 Å². The number of ether oxygens (including phenoxy) is 1. The number of fused-ring (bicyclic) bond motifs is 1. The lowest BCUT2D eigenvalue weighted by Crippen LogP contribution is -2.24. The lowest BCUT2D eigenvalue weighted by atomic mass is 9.70. The lowest BCUT2D eigenvalue weighted by molar-refractivity contribution is -0.131. The Morgan fingerprint density at radius 1 is 1.31 bits per heavy atom. The van der Waals surface area contributed by atoms with Crippen molar-refractivity contribution in [2.75, 3.05) is 6.61 Å². The van der Waals surface area contributed by atoms with Gasteiger partial charge in [-0.25, -0.2) is 9.18 Å². The van der Waals surface area contributed by atoms with Crippen LogP contribution in [0.5, 0.6) is 5.75 Å². The van der Waals surface area contributed by atoms with E-state index in [-0.39, 0.29) is 5.41 Å². The molecule has 0 bridgehead atoms. The van der Waals surface area contributed by atoms with Gasteiger partial charge in [-0.3, -0.25) is 0 Å². The van der Waals surface area contributed by atoms with Crippen molar-refractivity contribution >= 4 is 33.0 Å². The van der Waals surface area contributed by atoms with Gasteiger partial charge in [0, 0.05) is 11.6 Å². The van der Waals surface area contributed by atoms with Gasteiger partial charge in [-0.1, -0.05) is 46.8 Å². The van der Waals surface area contributed by atoms with Crippen molar-refractivity contribution in [3.8, 4) is 5.75 Å². The molecule has 0 saturated carbocycles. The average Bonchev–Trinajstić information content (AvgIpc) is 2.68. The van der Waals surface area contributed by atoms with Crippen LogP contribution >= 0.6 is 15.9 Å². The number of hydrogen-bond acceptors (Lipinski definition) is 2. The molecule has 0 saturated heterocycles. The van der Waals surface area contributed by atoms with E-state index in [4.69, 9.17) is 9.84 Å². The van der Waals surface area contributed by atoms with Gasteiger partial charge in [0.1, 0.15) is 11.6 Å². The summed E-state index contributed by atoms with van der Waals surface area (Å²) in [6.45, 7) is 14.7. The fourth-order valence-electron chi connectivity index (χ4n) is 4.19. The first-order valence-electron chi connectivity index (χ1n) is 11.1. The molecule has 1 aromatic rings. The summed E-state index contributed by atoms with van der Waals surface area (Å²) in [5.41, 5.74) is 5.23. The highest BCUT2D eigenvalue weighted by Gasteiger charge is 2.34. The molecular formula is C27H34BrFO3. The number of carboxylic acids is 1. The largest absolute Gasteiger partial charge is 0.492 e. The van der Waals surface area contributed by atoms with E-state index in [0.29, 0.717) is 35.8 Å². The zero-order valence-electron chi connectivity index (χ0n) is 20.1. The highest BCUT2D eigenvalue weighted by molar-refractivity contribution is 9.10. The molecule has 5 heteroatoms. The molecular weight excluding hydrogens is 471 g/mol. The SMILES string of the molecule is CCOc1c(C(CC)=C(F)C=CC(C)=CC(=O)O)cc2c(c1Br)C(C)(C)CC=C2C(C)C. The minimum atomic E-state index is -1.06. The zero-order chi connectivity index (χ0) is 24.2. The van der Waals surface area contributed by atoms with Crippen molar-refractivity contribution in [3.63, 3.8) is 0 Å². The van der Waals surface area contributed by atoms with E-state index in [9.17, 15) is 4.79 Å². The van der Waals surface area contributed by atoms with Crippen LogP contribution in [-0.4, -0.2) is 17.7 Å². The first-order chi connectivity index (χ1) is 14.9. The predicted molar refractivity (Wildman–Crippen MR) is 135 cm³/mol. The van der Waals surface area contributed by atoms with Crippen molar-refractivity contribution in [2.24, 2.45) is 5.92 Å². The molecule has 0 unspecified atom stereocenters. The van der Waals surface area contributed by atoms with E-state index in [0.717, 1.165) is 28.1 Å². The van der Waals surface area contributed by atoms with Gasteiger partial charge in [0.15, 0.2) is 0 Å². The van der Waals surface area contributed by atoms with Crippen molar-refractivity contribution in [1.29, 1.82) is 0 Å². The van der Waals surface area contributed by atoms with Crippen molar-refractivity contribution < 1.29 is 19.0 Å². The first kappa shape index (κ1) is 26.1. The number of halogens is 2. The van der Waals surface area contributed by atoms with Crippen LogP contribution in [0.2, 0.25) is 0 Å². The van der Waals surface area contributed by atoms with E-state index in [1.165, 1.54) is 23.3 Å². The zero-order valence-corrected chi connectivity index (χ0v) is 21.7. The standard InChI is InChI=1S/C27H34BrFO3/c1-8-18(22(29)11-10-17(5)14-23(30)31)21-15-20-19(16(3)4)12-13-27(6,7)24(20)25(28)26(21)32-9-2/h10-12,14-16H,8-9,13H2,1-7H3,(H,30,31). The quantitative estimate of drug-likeness (QED) is 0.286. The van der Waals surface area contributed by atoms with Crippen LogP contribution in [0, 0.1) is 5.92 Å². The molecule has 174 valence electrons. The van der Waals surface area contributed by atoms with Gasteiger partial charge >= 0.3 is 5.97 Å². The normalized spacial score (nSPS) is 16.7. The first-order valence-corrected chi connectivity index (χ1v) is 11.9. The maximum Gasteiger partial charge on any atom is 0.328 e. The van der Waals surface area contributed by atoms with Crippen LogP contribution in [0.15, 0.2) is 46.2 Å². The molecule has 32 heavy (non-hydrogen) atoms. The number of benzene rings is 1. The fourth-order valence-corrected chi connectivity index (χ4v) is 5.27. The van der Waals surface area contributed by atoms with Gasteiger partial charge in [0.25, 0.3) is 0 Å². The average molecular weight is 505 g/mol. The topological polar surface area (TPSA) is 46.5 Å². The van der Waals surface area contributed by atoms with Gasteiger partial charge in [-0.05, 0) is 93.9 Å². The number of hydrogen-bond donors (Lipinski definition) is 1. The van der Waals surface area contributed by atoms with E-state index in [2.05, 4.69) is 55.8 Å². The highest BCUT2D eigenvalue weighted by atomic mass is 79.9. The number of rotatable bonds is 8. The summed E-state index contributed by atoms with van der Waals surface area (Å²) in [6.07, 6.45) is 7.57. The number of aliphatic carboxylic acids is 1. The summed E-state index contributed by atoms with van der Waals surface area (Å²) in [5, 5.41) is 8.89. The highest BCUT2D eigenvalue weighted by Crippen LogP contribution is 2.50. The summed E-state index contributed by atoms with van der Waals surface area (Å²) >= 11 is 3.82. The second kappa shape index (κ2) is 10.7. The van der Waals surface area contributed by atoms with E-state index in [1.807, 2.05) is 13.8 Å². The molecule has 0 aliphatic heterocycles. The van der Waals surface area contributed by atoms with E-state index >= 15 is 4.39 Å². The minimum absolute atomic E-state index is 0.0792. The summed E-state index contributed by atoms with van der Waals surface area (Å²) in [7, 11) is 0. The van der Waals surface area contributed by atoms with Crippen LogP contribution in [0.3, 0.4) is 0 Å². The molecule has 1 aliphatic rings. The summed E-state index contributed by atoms with van der Waals surface area (Å²) in [4.78, 5) is 10.9. The Hall–Kier alpha value is -2.14. The van der Waals surface area contributed by atoms with Crippen LogP contribution in [0.25, 0.3) is 11.1 Å². The Morgan fingerprint density at radius 3 is 2.50 bits per heavy atom. The predicted octanol–water partition coefficient (Wildman–Crippen LogP) is 8.25. The monoisotopic (exact) mass is 504 g/mol. The number of allylic oxidation sites excluding steroid dienone is 7. The summed E-state index contributed by atoms with van der Waals surface area (Å²) in [6, 6.07) is 2.07. The molecule has 1 aliphatic carbocycles. The molecule has 0 atom stereocenters. The Morgan fingerprint density at radius 2 is 1.97 bits per heavy atom. The van der Waals surface area contributed by atoms with Gasteiger partial charge in [-0.15, -0.1) is 0 Å². The molecule has 2 rings (SSSR count). The Bertz CT molecular complexity index is 1010. The molecule has 0 spiro atoms. The third kappa shape index (κ3) is 5.61. The van der Waals surface area contributed by atoms with Crippen LogP contribution in [0.4, 0.5) is 4.39 Å². The van der Waals surface area contributed by atoms with Crippen molar-refractivity contribution in [2.45, 2.75) is 66.7 Å². The Labute approximate surface area is 199 Å². The molecule has 0 heterocycles. The van der Waals surface area contributed by atoms with Gasteiger partial charge in [0.05, 0.1) is 11.1 Å². The molecule has 0 aromatic heterocycles. The van der Waals surface area contributed by atoms with Gasteiger partial charge in [-0.2, -0.15) is 0 Å². The third-order valence-electron chi connectivity index (χ3n) is 5.76. The Balaban J connectivity index is 2.81. The van der Waals surface area contributed by atoms with Crippen LogP contribution in [0.1, 0.15) is 78.0 Å². The van der Waals surface area contributed by atoms with Crippen LogP contribution in [-0.2, 0) is 10.2 Å². The lowest BCUT2D eigenvalue weighted by Gasteiger charge is -2.36. The molecule has 1 N–H and O–H groups in total. The maximum absolute atomic E-state index is 15.4. The molecule has 0 fully saturated rings. The minimum Gasteiger partial charge on any atom is -0.492 e.